The van der Waals surface area contributed by atoms with Crippen LogP contribution in [-0.2, 0) is 11.3 Å². The molecule has 2 unspecified atom stereocenters. The number of carbonyl (C=O) groups is 1. The molecule has 5 heteroatoms. The Morgan fingerprint density at radius 1 is 1.08 bits per heavy atom. The standard InChI is InChI=1S/C20H25N3O2/c1-14-12-23(13-15(2)25-14)20(24)17-5-9-19(10-6-17)22-11-16-3-7-18(21)8-4-16/h3-10,14-15,22H,11-13,21H2,1-2H3. The van der Waals surface area contributed by atoms with Crippen LogP contribution in [-0.4, -0.2) is 36.1 Å². The number of amides is 1. The van der Waals surface area contributed by atoms with Crippen LogP contribution in [0.5, 0.6) is 0 Å². The normalized spacial score (nSPS) is 20.3. The van der Waals surface area contributed by atoms with Crippen LogP contribution >= 0.6 is 0 Å². The Labute approximate surface area is 148 Å². The summed E-state index contributed by atoms with van der Waals surface area (Å²) in [5.41, 5.74) is 9.30. The van der Waals surface area contributed by atoms with E-state index in [0.29, 0.717) is 25.2 Å². The van der Waals surface area contributed by atoms with Crippen LogP contribution in [0, 0.1) is 0 Å². The number of nitrogens with one attached hydrogen (secondary N) is 1. The first-order valence-electron chi connectivity index (χ1n) is 8.64. The second-order valence-electron chi connectivity index (χ2n) is 6.64. The fourth-order valence-corrected chi connectivity index (χ4v) is 3.10. The Morgan fingerprint density at radius 3 is 2.28 bits per heavy atom. The Morgan fingerprint density at radius 2 is 1.68 bits per heavy atom. The number of hydrogen-bond donors (Lipinski definition) is 2. The molecule has 1 amide bonds. The van der Waals surface area contributed by atoms with Crippen molar-refractivity contribution in [3.05, 3.63) is 59.7 Å². The summed E-state index contributed by atoms with van der Waals surface area (Å²) in [6, 6.07) is 15.4. The van der Waals surface area contributed by atoms with Gasteiger partial charge in [-0.2, -0.15) is 0 Å². The molecule has 3 N–H and O–H groups in total. The molecule has 1 heterocycles. The lowest BCUT2D eigenvalue weighted by Crippen LogP contribution is -2.48. The van der Waals surface area contributed by atoms with Gasteiger partial charge in [0.05, 0.1) is 12.2 Å². The molecule has 0 radical (unpaired) electrons. The number of carbonyl (C=O) groups excluding carboxylic acids is 1. The van der Waals surface area contributed by atoms with Crippen LogP contribution in [0.3, 0.4) is 0 Å². The molecular formula is C20H25N3O2. The molecule has 2 aromatic rings. The van der Waals surface area contributed by atoms with Crippen molar-refractivity contribution >= 4 is 17.3 Å². The molecule has 2 atom stereocenters. The molecule has 132 valence electrons. The molecule has 5 nitrogen and oxygen atoms in total. The molecule has 1 saturated heterocycles. The van der Waals surface area contributed by atoms with Gasteiger partial charge in [-0.25, -0.2) is 0 Å². The van der Waals surface area contributed by atoms with E-state index in [1.165, 1.54) is 0 Å². The zero-order valence-corrected chi connectivity index (χ0v) is 14.7. The minimum Gasteiger partial charge on any atom is -0.399 e. The summed E-state index contributed by atoms with van der Waals surface area (Å²) in [7, 11) is 0. The summed E-state index contributed by atoms with van der Waals surface area (Å²) in [6.07, 6.45) is 0.155. The quantitative estimate of drug-likeness (QED) is 0.840. The highest BCUT2D eigenvalue weighted by Gasteiger charge is 2.26. The van der Waals surface area contributed by atoms with Crippen LogP contribution in [0.25, 0.3) is 0 Å². The van der Waals surface area contributed by atoms with Crippen LogP contribution in [0.4, 0.5) is 11.4 Å². The third-order valence-corrected chi connectivity index (χ3v) is 4.32. The lowest BCUT2D eigenvalue weighted by atomic mass is 10.1. The van der Waals surface area contributed by atoms with E-state index in [0.717, 1.165) is 16.9 Å². The number of nitrogen functional groups attached to an aromatic ring is 1. The van der Waals surface area contributed by atoms with Crippen molar-refractivity contribution in [3.8, 4) is 0 Å². The van der Waals surface area contributed by atoms with Crippen LogP contribution in [0.2, 0.25) is 0 Å². The van der Waals surface area contributed by atoms with E-state index in [-0.39, 0.29) is 18.1 Å². The van der Waals surface area contributed by atoms with Crippen molar-refractivity contribution < 1.29 is 9.53 Å². The lowest BCUT2D eigenvalue weighted by Gasteiger charge is -2.35. The Bertz CT molecular complexity index is 703. The Balaban J connectivity index is 1.59. The van der Waals surface area contributed by atoms with Gasteiger partial charge in [0.1, 0.15) is 0 Å². The van der Waals surface area contributed by atoms with Gasteiger partial charge in [0.15, 0.2) is 0 Å². The van der Waals surface area contributed by atoms with Crippen LogP contribution in [0.1, 0.15) is 29.8 Å². The average molecular weight is 339 g/mol. The number of nitrogens with two attached hydrogens (primary N) is 1. The molecule has 0 spiro atoms. The van der Waals surface area contributed by atoms with E-state index in [2.05, 4.69) is 5.32 Å². The number of anilines is 2. The number of hydrogen-bond acceptors (Lipinski definition) is 4. The molecule has 0 bridgehead atoms. The predicted octanol–water partition coefficient (Wildman–Crippen LogP) is 3.13. The number of ether oxygens (including phenoxy) is 1. The maximum absolute atomic E-state index is 12.7. The van der Waals surface area contributed by atoms with Gasteiger partial charge < -0.3 is 20.7 Å². The third kappa shape index (κ3) is 4.51. The highest BCUT2D eigenvalue weighted by Crippen LogP contribution is 2.17. The number of benzene rings is 2. The van der Waals surface area contributed by atoms with Crippen molar-refractivity contribution in [1.29, 1.82) is 0 Å². The topological polar surface area (TPSA) is 67.6 Å². The zero-order chi connectivity index (χ0) is 17.8. The SMILES string of the molecule is CC1CN(C(=O)c2ccc(NCc3ccc(N)cc3)cc2)CC(C)O1. The van der Waals surface area contributed by atoms with E-state index < -0.39 is 0 Å². The van der Waals surface area contributed by atoms with Gasteiger partial charge >= 0.3 is 0 Å². The smallest absolute Gasteiger partial charge is 0.254 e. The van der Waals surface area contributed by atoms with Crippen molar-refractivity contribution in [2.75, 3.05) is 24.1 Å². The van der Waals surface area contributed by atoms with Gasteiger partial charge in [0, 0.05) is 36.6 Å². The first-order chi connectivity index (χ1) is 12.0. The van der Waals surface area contributed by atoms with Gasteiger partial charge in [-0.05, 0) is 55.8 Å². The third-order valence-electron chi connectivity index (χ3n) is 4.32. The number of rotatable bonds is 4. The van der Waals surface area contributed by atoms with E-state index >= 15 is 0 Å². The van der Waals surface area contributed by atoms with Crippen molar-refractivity contribution in [2.45, 2.75) is 32.6 Å². The highest BCUT2D eigenvalue weighted by molar-refractivity contribution is 5.94. The predicted molar refractivity (Wildman–Crippen MR) is 101 cm³/mol. The van der Waals surface area contributed by atoms with Crippen molar-refractivity contribution in [1.82, 2.24) is 4.90 Å². The summed E-state index contributed by atoms with van der Waals surface area (Å²) < 4.78 is 5.69. The molecule has 25 heavy (non-hydrogen) atoms. The first-order valence-corrected chi connectivity index (χ1v) is 8.64. The minimum absolute atomic E-state index is 0.0621. The molecular weight excluding hydrogens is 314 g/mol. The summed E-state index contributed by atoms with van der Waals surface area (Å²) in [5, 5.41) is 3.35. The molecule has 2 aromatic carbocycles. The van der Waals surface area contributed by atoms with Gasteiger partial charge in [0.25, 0.3) is 5.91 Å². The molecule has 1 aliphatic rings. The molecule has 0 saturated carbocycles. The Kier molecular flexibility index (Phi) is 5.24. The summed E-state index contributed by atoms with van der Waals surface area (Å²) in [6.45, 7) is 5.99. The molecule has 0 aromatic heterocycles. The second-order valence-corrected chi connectivity index (χ2v) is 6.64. The highest BCUT2D eigenvalue weighted by atomic mass is 16.5. The first kappa shape index (κ1) is 17.3. The van der Waals surface area contributed by atoms with Crippen molar-refractivity contribution in [3.63, 3.8) is 0 Å². The van der Waals surface area contributed by atoms with E-state index in [1.807, 2.05) is 67.3 Å². The largest absolute Gasteiger partial charge is 0.399 e. The fourth-order valence-electron chi connectivity index (χ4n) is 3.10. The van der Waals surface area contributed by atoms with Gasteiger partial charge in [-0.15, -0.1) is 0 Å². The minimum atomic E-state index is 0.0621. The maximum Gasteiger partial charge on any atom is 0.254 e. The molecule has 0 aliphatic carbocycles. The van der Waals surface area contributed by atoms with Crippen molar-refractivity contribution in [2.24, 2.45) is 0 Å². The summed E-state index contributed by atoms with van der Waals surface area (Å²) in [4.78, 5) is 14.5. The average Bonchev–Trinajstić information content (AvgIpc) is 2.60. The zero-order valence-electron chi connectivity index (χ0n) is 14.7. The molecule has 1 fully saturated rings. The number of nitrogens with zero attached hydrogens (tertiary/aromatic N) is 1. The monoisotopic (exact) mass is 339 g/mol. The Hall–Kier alpha value is -2.53. The molecule has 1 aliphatic heterocycles. The summed E-state index contributed by atoms with van der Waals surface area (Å²) in [5.74, 6) is 0.0621. The maximum atomic E-state index is 12.7. The van der Waals surface area contributed by atoms with E-state index in [1.54, 1.807) is 0 Å². The van der Waals surface area contributed by atoms with Gasteiger partial charge in [-0.3, -0.25) is 4.79 Å². The molecule has 3 rings (SSSR count). The van der Waals surface area contributed by atoms with Crippen LogP contribution in [0.15, 0.2) is 48.5 Å². The number of morpholine rings is 1. The fraction of sp³-hybridized carbons (Fsp3) is 0.350. The van der Waals surface area contributed by atoms with E-state index in [4.69, 9.17) is 10.5 Å². The van der Waals surface area contributed by atoms with Crippen LogP contribution < -0.4 is 11.1 Å². The van der Waals surface area contributed by atoms with Gasteiger partial charge in [0.2, 0.25) is 0 Å². The summed E-state index contributed by atoms with van der Waals surface area (Å²) >= 11 is 0. The lowest BCUT2D eigenvalue weighted by molar-refractivity contribution is -0.0586. The van der Waals surface area contributed by atoms with Gasteiger partial charge in [-0.1, -0.05) is 12.1 Å². The van der Waals surface area contributed by atoms with E-state index in [9.17, 15) is 4.79 Å². The second kappa shape index (κ2) is 7.57.